The van der Waals surface area contributed by atoms with E-state index < -0.39 is 0 Å². The highest BCUT2D eigenvalue weighted by molar-refractivity contribution is 5.86. The Morgan fingerprint density at radius 2 is 2.00 bits per heavy atom. The molecule has 0 heterocycles. The Morgan fingerprint density at radius 3 is 2.73 bits per heavy atom. The predicted octanol–water partition coefficient (Wildman–Crippen LogP) is 3.45. The van der Waals surface area contributed by atoms with E-state index in [2.05, 4.69) is 31.2 Å². The van der Waals surface area contributed by atoms with Crippen LogP contribution >= 0.6 is 0 Å². The Bertz CT molecular complexity index is 500. The van der Waals surface area contributed by atoms with Gasteiger partial charge in [-0.05, 0) is 28.8 Å². The van der Waals surface area contributed by atoms with Crippen LogP contribution < -0.4 is 0 Å². The number of aldehydes is 1. The minimum atomic E-state index is -0.0186. The van der Waals surface area contributed by atoms with Crippen LogP contribution in [0.15, 0.2) is 36.4 Å². The first-order valence-corrected chi connectivity index (χ1v) is 5.17. The molecule has 0 spiro atoms. The van der Waals surface area contributed by atoms with Crippen molar-refractivity contribution in [2.45, 2.75) is 19.8 Å². The molecule has 0 bridgehead atoms. The van der Waals surface area contributed by atoms with Gasteiger partial charge in [-0.2, -0.15) is 0 Å². The molecule has 0 N–H and O–H groups in total. The zero-order valence-electron chi connectivity index (χ0n) is 9.03. The summed E-state index contributed by atoms with van der Waals surface area (Å²) in [5.74, 6) is -0.0186. The van der Waals surface area contributed by atoms with Crippen molar-refractivity contribution in [1.82, 2.24) is 0 Å². The van der Waals surface area contributed by atoms with Gasteiger partial charge in [-0.25, -0.2) is 0 Å². The zero-order chi connectivity index (χ0) is 10.8. The fourth-order valence-electron chi connectivity index (χ4n) is 1.83. The second kappa shape index (κ2) is 3.85. The summed E-state index contributed by atoms with van der Waals surface area (Å²) >= 11 is 0. The number of benzene rings is 2. The van der Waals surface area contributed by atoms with Crippen LogP contribution in [0, 0.1) is 6.92 Å². The van der Waals surface area contributed by atoms with Crippen molar-refractivity contribution in [2.75, 3.05) is 0 Å². The van der Waals surface area contributed by atoms with Gasteiger partial charge in [0.15, 0.2) is 0 Å². The zero-order valence-corrected chi connectivity index (χ0v) is 9.03. The van der Waals surface area contributed by atoms with Crippen molar-refractivity contribution in [3.05, 3.63) is 47.5 Å². The van der Waals surface area contributed by atoms with Crippen molar-refractivity contribution < 1.29 is 4.79 Å². The Hall–Kier alpha value is -1.63. The van der Waals surface area contributed by atoms with E-state index in [9.17, 15) is 4.79 Å². The summed E-state index contributed by atoms with van der Waals surface area (Å²) in [6.45, 7) is 4.02. The molecule has 0 saturated heterocycles. The molecule has 76 valence electrons. The fraction of sp³-hybridized carbons (Fsp3) is 0.214. The summed E-state index contributed by atoms with van der Waals surface area (Å²) in [6, 6.07) is 12.5. The molecule has 0 aliphatic carbocycles. The number of carbonyl (C=O) groups excluding carboxylic acids is 1. The third kappa shape index (κ3) is 1.78. The van der Waals surface area contributed by atoms with E-state index in [0.717, 1.165) is 11.8 Å². The van der Waals surface area contributed by atoms with Crippen molar-refractivity contribution in [3.8, 4) is 0 Å². The highest BCUT2D eigenvalue weighted by Crippen LogP contribution is 2.22. The van der Waals surface area contributed by atoms with Crippen LogP contribution in [0.25, 0.3) is 10.8 Å². The van der Waals surface area contributed by atoms with Gasteiger partial charge in [0.1, 0.15) is 6.29 Å². The average molecular weight is 198 g/mol. The summed E-state index contributed by atoms with van der Waals surface area (Å²) in [5.41, 5.74) is 2.36. The molecule has 2 rings (SSSR count). The van der Waals surface area contributed by atoms with Crippen molar-refractivity contribution >= 4 is 17.1 Å². The third-order valence-electron chi connectivity index (χ3n) is 2.85. The molecule has 0 fully saturated rings. The molecule has 15 heavy (non-hydrogen) atoms. The van der Waals surface area contributed by atoms with Gasteiger partial charge in [0.25, 0.3) is 0 Å². The quantitative estimate of drug-likeness (QED) is 0.675. The lowest BCUT2D eigenvalue weighted by molar-refractivity contribution is -0.108. The lowest BCUT2D eigenvalue weighted by atomic mass is 9.97. The van der Waals surface area contributed by atoms with Gasteiger partial charge in [0.05, 0.1) is 0 Å². The summed E-state index contributed by atoms with van der Waals surface area (Å²) in [5, 5.41) is 2.47. The van der Waals surface area contributed by atoms with E-state index in [1.54, 1.807) is 0 Å². The van der Waals surface area contributed by atoms with Crippen LogP contribution in [-0.2, 0) is 4.79 Å². The number of hydrogen-bond acceptors (Lipinski definition) is 1. The predicted molar refractivity (Wildman–Crippen MR) is 63.2 cm³/mol. The highest BCUT2D eigenvalue weighted by Gasteiger charge is 2.04. The SMILES string of the molecule is Cc1cccc2cc(C(C)C=O)ccc12. The van der Waals surface area contributed by atoms with Crippen molar-refractivity contribution in [2.24, 2.45) is 0 Å². The number of carbonyl (C=O) groups is 1. The molecule has 2 aromatic rings. The smallest absolute Gasteiger partial charge is 0.127 e. The molecule has 1 nitrogen and oxygen atoms in total. The lowest BCUT2D eigenvalue weighted by Gasteiger charge is -2.07. The molecule has 1 unspecified atom stereocenters. The van der Waals surface area contributed by atoms with E-state index >= 15 is 0 Å². The van der Waals surface area contributed by atoms with E-state index in [4.69, 9.17) is 0 Å². The number of hydrogen-bond donors (Lipinski definition) is 0. The number of rotatable bonds is 2. The average Bonchev–Trinajstić information content (AvgIpc) is 2.28. The minimum absolute atomic E-state index is 0.0186. The minimum Gasteiger partial charge on any atom is -0.303 e. The Morgan fingerprint density at radius 1 is 1.20 bits per heavy atom. The highest BCUT2D eigenvalue weighted by atomic mass is 16.1. The monoisotopic (exact) mass is 198 g/mol. The largest absolute Gasteiger partial charge is 0.303 e. The fourth-order valence-corrected chi connectivity index (χ4v) is 1.83. The van der Waals surface area contributed by atoms with E-state index in [0.29, 0.717) is 0 Å². The van der Waals surface area contributed by atoms with E-state index in [1.165, 1.54) is 16.3 Å². The maximum Gasteiger partial charge on any atom is 0.127 e. The topological polar surface area (TPSA) is 17.1 Å². The Kier molecular flexibility index (Phi) is 2.55. The Labute approximate surface area is 89.7 Å². The van der Waals surface area contributed by atoms with Crippen LogP contribution in [0.1, 0.15) is 24.0 Å². The first-order valence-electron chi connectivity index (χ1n) is 5.17. The molecular formula is C14H14O. The summed E-state index contributed by atoms with van der Waals surface area (Å²) in [4.78, 5) is 10.7. The molecule has 0 aromatic heterocycles. The molecule has 2 aromatic carbocycles. The molecule has 0 aliphatic rings. The van der Waals surface area contributed by atoms with Gasteiger partial charge in [-0.15, -0.1) is 0 Å². The second-order valence-corrected chi connectivity index (χ2v) is 3.98. The van der Waals surface area contributed by atoms with Gasteiger partial charge in [0.2, 0.25) is 0 Å². The van der Waals surface area contributed by atoms with Crippen LogP contribution in [-0.4, -0.2) is 6.29 Å². The normalized spacial score (nSPS) is 12.7. The van der Waals surface area contributed by atoms with Crippen molar-refractivity contribution in [1.29, 1.82) is 0 Å². The van der Waals surface area contributed by atoms with Gasteiger partial charge in [-0.1, -0.05) is 43.3 Å². The van der Waals surface area contributed by atoms with Crippen LogP contribution in [0.5, 0.6) is 0 Å². The van der Waals surface area contributed by atoms with Crippen molar-refractivity contribution in [3.63, 3.8) is 0 Å². The van der Waals surface area contributed by atoms with Crippen LogP contribution in [0.2, 0.25) is 0 Å². The molecule has 1 atom stereocenters. The lowest BCUT2D eigenvalue weighted by Crippen LogP contribution is -1.93. The number of fused-ring (bicyclic) bond motifs is 1. The molecule has 0 saturated carbocycles. The van der Waals surface area contributed by atoms with Crippen LogP contribution in [0.3, 0.4) is 0 Å². The molecular weight excluding hydrogens is 184 g/mol. The maximum atomic E-state index is 10.7. The third-order valence-corrected chi connectivity index (χ3v) is 2.85. The standard InChI is InChI=1S/C14H14O/c1-10-4-3-5-13-8-12(11(2)9-15)6-7-14(10)13/h3-9,11H,1-2H3. The summed E-state index contributed by atoms with van der Waals surface area (Å²) < 4.78 is 0. The molecule has 0 aliphatic heterocycles. The maximum absolute atomic E-state index is 10.7. The van der Waals surface area contributed by atoms with Gasteiger partial charge in [-0.3, -0.25) is 0 Å². The summed E-state index contributed by atoms with van der Waals surface area (Å²) in [7, 11) is 0. The second-order valence-electron chi connectivity index (χ2n) is 3.98. The first kappa shape index (κ1) is 9.91. The first-order chi connectivity index (χ1) is 7.22. The van der Waals surface area contributed by atoms with Gasteiger partial charge >= 0.3 is 0 Å². The molecule has 1 heteroatoms. The van der Waals surface area contributed by atoms with E-state index in [1.807, 2.05) is 19.1 Å². The number of aryl methyl sites for hydroxylation is 1. The van der Waals surface area contributed by atoms with Crippen LogP contribution in [0.4, 0.5) is 0 Å². The van der Waals surface area contributed by atoms with Gasteiger partial charge < -0.3 is 4.79 Å². The Balaban J connectivity index is 2.61. The molecule has 0 amide bonds. The van der Waals surface area contributed by atoms with E-state index in [-0.39, 0.29) is 5.92 Å². The van der Waals surface area contributed by atoms with Gasteiger partial charge in [0, 0.05) is 5.92 Å². The summed E-state index contributed by atoms with van der Waals surface area (Å²) in [6.07, 6.45) is 0.983. The molecule has 0 radical (unpaired) electrons.